The molecule has 3 nitrogen and oxygen atoms in total. The van der Waals surface area contributed by atoms with E-state index in [1.165, 1.54) is 14.2 Å². The first-order chi connectivity index (χ1) is 7.58. The van der Waals surface area contributed by atoms with Crippen molar-refractivity contribution in [2.45, 2.75) is 6.29 Å². The number of hydrogen-bond donors (Lipinski definition) is 1. The van der Waals surface area contributed by atoms with Crippen LogP contribution >= 0.6 is 0 Å². The highest BCUT2D eigenvalue weighted by molar-refractivity contribution is 5.44. The second kappa shape index (κ2) is 5.72. The van der Waals surface area contributed by atoms with Gasteiger partial charge in [0.15, 0.2) is 23.7 Å². The summed E-state index contributed by atoms with van der Waals surface area (Å²) < 4.78 is 48.0. The van der Waals surface area contributed by atoms with E-state index in [9.17, 15) is 13.2 Å². The molecule has 1 aromatic carbocycles. The molecule has 0 aliphatic carbocycles. The zero-order chi connectivity index (χ0) is 12.1. The van der Waals surface area contributed by atoms with Crippen molar-refractivity contribution in [2.75, 3.05) is 26.1 Å². The number of methoxy groups -OCH3 is 2. The number of halogens is 3. The van der Waals surface area contributed by atoms with E-state index < -0.39 is 23.7 Å². The summed E-state index contributed by atoms with van der Waals surface area (Å²) in [6.07, 6.45) is -0.545. The predicted molar refractivity (Wildman–Crippen MR) is 52.6 cm³/mol. The Kier molecular flexibility index (Phi) is 4.57. The van der Waals surface area contributed by atoms with Gasteiger partial charge in [-0.3, -0.25) is 0 Å². The fourth-order valence-electron chi connectivity index (χ4n) is 1.12. The summed E-state index contributed by atoms with van der Waals surface area (Å²) >= 11 is 0. The van der Waals surface area contributed by atoms with E-state index in [4.69, 9.17) is 9.47 Å². The molecule has 16 heavy (non-hydrogen) atoms. The van der Waals surface area contributed by atoms with E-state index in [-0.39, 0.29) is 12.2 Å². The molecule has 6 heteroatoms. The number of nitrogens with one attached hydrogen (secondary N) is 1. The summed E-state index contributed by atoms with van der Waals surface area (Å²) in [5.41, 5.74) is 0.121. The Morgan fingerprint density at radius 3 is 2.06 bits per heavy atom. The molecule has 0 saturated heterocycles. The third-order valence-corrected chi connectivity index (χ3v) is 1.98. The predicted octanol–water partition coefficient (Wildman–Crippen LogP) is 2.13. The van der Waals surface area contributed by atoms with E-state index in [2.05, 4.69) is 5.32 Å². The van der Waals surface area contributed by atoms with Crippen LogP contribution in [0.25, 0.3) is 0 Å². The topological polar surface area (TPSA) is 30.5 Å². The molecule has 0 heterocycles. The first-order valence-corrected chi connectivity index (χ1v) is 4.52. The van der Waals surface area contributed by atoms with E-state index in [0.29, 0.717) is 0 Å². The monoisotopic (exact) mass is 235 g/mol. The van der Waals surface area contributed by atoms with Crippen LogP contribution in [0.4, 0.5) is 18.9 Å². The second-order valence-corrected chi connectivity index (χ2v) is 3.04. The Labute approximate surface area is 91.2 Å². The van der Waals surface area contributed by atoms with Gasteiger partial charge in [0.2, 0.25) is 0 Å². The molecule has 90 valence electrons. The number of rotatable bonds is 5. The van der Waals surface area contributed by atoms with Gasteiger partial charge in [-0.25, -0.2) is 13.2 Å². The molecule has 0 atom stereocenters. The lowest BCUT2D eigenvalue weighted by atomic mass is 10.3. The summed E-state index contributed by atoms with van der Waals surface area (Å²) in [6, 6.07) is 1.72. The molecule has 0 aliphatic rings. The lowest BCUT2D eigenvalue weighted by molar-refractivity contribution is -0.0914. The molecule has 0 amide bonds. The molecule has 0 bridgehead atoms. The summed E-state index contributed by atoms with van der Waals surface area (Å²) in [6.45, 7) is 0.192. The summed E-state index contributed by atoms with van der Waals surface area (Å²) in [5.74, 6) is -3.97. The van der Waals surface area contributed by atoms with Crippen LogP contribution in [0.2, 0.25) is 0 Å². The quantitative estimate of drug-likeness (QED) is 0.626. The average Bonchev–Trinajstić information content (AvgIpc) is 2.27. The van der Waals surface area contributed by atoms with Crippen LogP contribution in [0.3, 0.4) is 0 Å². The molecule has 0 aromatic heterocycles. The van der Waals surface area contributed by atoms with E-state index >= 15 is 0 Å². The minimum Gasteiger partial charge on any atom is -0.380 e. The molecule has 0 saturated carbocycles. The molecule has 0 fully saturated rings. The molecule has 1 N–H and O–H groups in total. The Balaban J connectivity index is 2.68. The van der Waals surface area contributed by atoms with Gasteiger partial charge in [-0.15, -0.1) is 0 Å². The van der Waals surface area contributed by atoms with Gasteiger partial charge in [-0.1, -0.05) is 0 Å². The maximum absolute atomic E-state index is 12.8. The molecule has 1 rings (SSSR count). The highest BCUT2D eigenvalue weighted by atomic mass is 19.2. The second-order valence-electron chi connectivity index (χ2n) is 3.04. The third kappa shape index (κ3) is 3.11. The number of benzene rings is 1. The van der Waals surface area contributed by atoms with Crippen LogP contribution in [0.15, 0.2) is 12.1 Å². The van der Waals surface area contributed by atoms with Crippen LogP contribution in [-0.2, 0) is 9.47 Å². The van der Waals surface area contributed by atoms with Crippen molar-refractivity contribution in [3.63, 3.8) is 0 Å². The smallest absolute Gasteiger partial charge is 0.194 e. The zero-order valence-electron chi connectivity index (χ0n) is 8.89. The van der Waals surface area contributed by atoms with Gasteiger partial charge in [0.1, 0.15) is 0 Å². The molecule has 0 aliphatic heterocycles. The summed E-state index contributed by atoms with van der Waals surface area (Å²) in [7, 11) is 2.86. The van der Waals surface area contributed by atoms with Gasteiger partial charge in [0.05, 0.1) is 6.54 Å². The average molecular weight is 235 g/mol. The Morgan fingerprint density at radius 2 is 1.62 bits per heavy atom. The molecule has 1 aromatic rings. The van der Waals surface area contributed by atoms with E-state index in [1.807, 2.05) is 0 Å². The fourth-order valence-corrected chi connectivity index (χ4v) is 1.12. The van der Waals surface area contributed by atoms with Crippen molar-refractivity contribution in [1.29, 1.82) is 0 Å². The molecule has 0 unspecified atom stereocenters. The minimum atomic E-state index is -1.49. The maximum Gasteiger partial charge on any atom is 0.194 e. The van der Waals surface area contributed by atoms with E-state index in [0.717, 1.165) is 12.1 Å². The van der Waals surface area contributed by atoms with Crippen LogP contribution in [0.1, 0.15) is 0 Å². The van der Waals surface area contributed by atoms with Crippen molar-refractivity contribution in [3.05, 3.63) is 29.6 Å². The number of hydrogen-bond acceptors (Lipinski definition) is 3. The standard InChI is InChI=1S/C10H12F3NO2/c1-15-9(16-2)5-14-6-3-7(11)10(13)8(12)4-6/h3-4,9,14H,5H2,1-2H3. The number of ether oxygens (including phenoxy) is 2. The molecule has 0 radical (unpaired) electrons. The normalized spacial score (nSPS) is 10.9. The van der Waals surface area contributed by atoms with Crippen molar-refractivity contribution >= 4 is 5.69 Å². The van der Waals surface area contributed by atoms with E-state index in [1.54, 1.807) is 0 Å². The van der Waals surface area contributed by atoms with Gasteiger partial charge < -0.3 is 14.8 Å². The molecule has 0 spiro atoms. The molecular weight excluding hydrogens is 223 g/mol. The van der Waals surface area contributed by atoms with Gasteiger partial charge in [0, 0.05) is 32.0 Å². The Bertz CT molecular complexity index is 333. The highest BCUT2D eigenvalue weighted by Gasteiger charge is 2.11. The highest BCUT2D eigenvalue weighted by Crippen LogP contribution is 2.17. The minimum absolute atomic E-state index is 0.121. The molecular formula is C10H12F3NO2. The maximum atomic E-state index is 12.8. The van der Waals surface area contributed by atoms with Gasteiger partial charge in [0.25, 0.3) is 0 Å². The summed E-state index contributed by atoms with van der Waals surface area (Å²) in [4.78, 5) is 0. The lowest BCUT2D eigenvalue weighted by Gasteiger charge is -2.15. The largest absolute Gasteiger partial charge is 0.380 e. The van der Waals surface area contributed by atoms with Crippen molar-refractivity contribution in [2.24, 2.45) is 0 Å². The third-order valence-electron chi connectivity index (χ3n) is 1.98. The van der Waals surface area contributed by atoms with Gasteiger partial charge in [-0.2, -0.15) is 0 Å². The van der Waals surface area contributed by atoms with Gasteiger partial charge in [-0.05, 0) is 0 Å². The first kappa shape index (κ1) is 12.8. The van der Waals surface area contributed by atoms with Crippen LogP contribution in [0.5, 0.6) is 0 Å². The van der Waals surface area contributed by atoms with Crippen molar-refractivity contribution in [1.82, 2.24) is 0 Å². The Morgan fingerprint density at radius 1 is 1.12 bits per heavy atom. The van der Waals surface area contributed by atoms with Crippen molar-refractivity contribution in [3.8, 4) is 0 Å². The fraction of sp³-hybridized carbons (Fsp3) is 0.400. The van der Waals surface area contributed by atoms with Gasteiger partial charge >= 0.3 is 0 Å². The first-order valence-electron chi connectivity index (χ1n) is 4.52. The zero-order valence-corrected chi connectivity index (χ0v) is 8.89. The Hall–Kier alpha value is -1.27. The summed E-state index contributed by atoms with van der Waals surface area (Å²) in [5, 5.41) is 2.66. The van der Waals surface area contributed by atoms with Crippen LogP contribution in [0, 0.1) is 17.5 Å². The number of anilines is 1. The lowest BCUT2D eigenvalue weighted by Crippen LogP contribution is -2.23. The SMILES string of the molecule is COC(CNc1cc(F)c(F)c(F)c1)OC. The van der Waals surface area contributed by atoms with Crippen LogP contribution in [-0.4, -0.2) is 27.1 Å². The van der Waals surface area contributed by atoms with Crippen molar-refractivity contribution < 1.29 is 22.6 Å². The van der Waals surface area contributed by atoms with Crippen LogP contribution < -0.4 is 5.32 Å².